The van der Waals surface area contributed by atoms with Gasteiger partial charge in [-0.15, -0.1) is 0 Å². The highest BCUT2D eigenvalue weighted by molar-refractivity contribution is 6.35. The van der Waals surface area contributed by atoms with E-state index in [2.05, 4.69) is 11.6 Å². The smallest absolute Gasteiger partial charge is 0.254 e. The molecule has 0 unspecified atom stereocenters. The molecule has 0 fully saturated rings. The first kappa shape index (κ1) is 12.9. The molecule has 1 aromatic carbocycles. The number of alkyl halides is 3. The van der Waals surface area contributed by atoms with E-state index in [0.717, 1.165) is 5.56 Å². The minimum atomic E-state index is -4.28. The Balaban J connectivity index is 2.54. The number of halogens is 4. The van der Waals surface area contributed by atoms with Crippen LogP contribution in [0.3, 0.4) is 0 Å². The molecular weight excluding hydrogens is 263 g/mol. The van der Waals surface area contributed by atoms with Crippen LogP contribution in [-0.4, -0.2) is 11.2 Å². The minimum absolute atomic E-state index is 0.0375. The van der Waals surface area contributed by atoms with Crippen LogP contribution in [0.4, 0.5) is 13.2 Å². The first-order valence-corrected chi connectivity index (χ1v) is 5.55. The van der Waals surface area contributed by atoms with Gasteiger partial charge in [0.25, 0.3) is 0 Å². The zero-order valence-corrected chi connectivity index (χ0v) is 10.0. The predicted octanol–water partition coefficient (Wildman–Crippen LogP) is 4.64. The normalized spacial score (nSPS) is 11.8. The maximum atomic E-state index is 12.3. The summed E-state index contributed by atoms with van der Waals surface area (Å²) in [5.41, 5.74) is 1.21. The predicted molar refractivity (Wildman–Crippen MR) is 66.6 cm³/mol. The van der Waals surface area contributed by atoms with Crippen molar-refractivity contribution in [3.8, 4) is 0 Å². The Labute approximate surface area is 107 Å². The quantitative estimate of drug-likeness (QED) is 0.776. The average Bonchev–Trinajstić information content (AvgIpc) is 2.31. The van der Waals surface area contributed by atoms with Crippen molar-refractivity contribution in [2.24, 2.45) is 0 Å². The Hall–Kier alpha value is -1.55. The molecule has 0 atom stereocenters. The second-order valence-corrected chi connectivity index (χ2v) is 4.25. The minimum Gasteiger partial charge on any atom is -0.254 e. The summed E-state index contributed by atoms with van der Waals surface area (Å²) in [7, 11) is 0. The molecule has 0 aliphatic carbocycles. The van der Waals surface area contributed by atoms with E-state index in [-0.39, 0.29) is 10.6 Å². The molecule has 0 N–H and O–H groups in total. The van der Waals surface area contributed by atoms with Gasteiger partial charge in [-0.2, -0.15) is 13.2 Å². The largest absolute Gasteiger partial charge is 0.393 e. The number of fused-ring (bicyclic) bond motifs is 1. The molecule has 2 rings (SSSR count). The lowest BCUT2D eigenvalue weighted by molar-refractivity contribution is -0.127. The van der Waals surface area contributed by atoms with Crippen molar-refractivity contribution in [3.05, 3.63) is 47.1 Å². The molecule has 1 aromatic heterocycles. The van der Waals surface area contributed by atoms with E-state index >= 15 is 0 Å². The molecule has 2 aromatic rings. The van der Waals surface area contributed by atoms with Gasteiger partial charge in [-0.25, -0.2) is 0 Å². The van der Waals surface area contributed by atoms with E-state index in [9.17, 15) is 13.2 Å². The van der Waals surface area contributed by atoms with Crippen LogP contribution >= 0.6 is 11.6 Å². The molecule has 1 heterocycles. The zero-order valence-electron chi connectivity index (χ0n) is 9.26. The van der Waals surface area contributed by atoms with E-state index in [4.69, 9.17) is 11.6 Å². The highest BCUT2D eigenvalue weighted by Crippen LogP contribution is 2.31. The van der Waals surface area contributed by atoms with E-state index < -0.39 is 12.6 Å². The number of hydrogen-bond acceptors (Lipinski definition) is 1. The molecule has 18 heavy (non-hydrogen) atoms. The zero-order chi connectivity index (χ0) is 13.3. The fourth-order valence-electron chi connectivity index (χ4n) is 1.69. The number of hydrogen-bond donors (Lipinski definition) is 0. The van der Waals surface area contributed by atoms with Gasteiger partial charge in [-0.3, -0.25) is 4.98 Å². The fraction of sp³-hybridized carbons (Fsp3) is 0.154. The third kappa shape index (κ3) is 2.64. The molecule has 94 valence electrons. The van der Waals surface area contributed by atoms with Gasteiger partial charge in [-0.1, -0.05) is 36.4 Å². The van der Waals surface area contributed by atoms with Gasteiger partial charge in [0.2, 0.25) is 0 Å². The van der Waals surface area contributed by atoms with Crippen LogP contribution < -0.4 is 0 Å². The highest BCUT2D eigenvalue weighted by atomic mass is 35.5. The average molecular weight is 272 g/mol. The van der Waals surface area contributed by atoms with Crippen LogP contribution in [0.15, 0.2) is 31.0 Å². The lowest BCUT2D eigenvalue weighted by Gasteiger charge is -2.10. The fourth-order valence-corrected chi connectivity index (χ4v) is 1.98. The van der Waals surface area contributed by atoms with E-state index in [1.54, 1.807) is 18.2 Å². The molecule has 0 spiro atoms. The molecule has 0 aliphatic heterocycles. The van der Waals surface area contributed by atoms with Crippen LogP contribution in [0, 0.1) is 0 Å². The van der Waals surface area contributed by atoms with Gasteiger partial charge < -0.3 is 0 Å². The first-order chi connectivity index (χ1) is 8.40. The Kier molecular flexibility index (Phi) is 3.30. The van der Waals surface area contributed by atoms with Gasteiger partial charge in [0, 0.05) is 11.6 Å². The van der Waals surface area contributed by atoms with E-state index in [0.29, 0.717) is 10.9 Å². The maximum Gasteiger partial charge on any atom is 0.393 e. The lowest BCUT2D eigenvalue weighted by Crippen LogP contribution is -2.12. The Morgan fingerprint density at radius 1 is 1.33 bits per heavy atom. The molecule has 5 heteroatoms. The number of pyridine rings is 1. The van der Waals surface area contributed by atoms with Crippen molar-refractivity contribution >= 4 is 28.6 Å². The van der Waals surface area contributed by atoms with Crippen LogP contribution in [0.5, 0.6) is 0 Å². The monoisotopic (exact) mass is 271 g/mol. The summed E-state index contributed by atoms with van der Waals surface area (Å²) in [6.45, 7) is 3.60. The molecule has 1 nitrogen and oxygen atoms in total. The van der Waals surface area contributed by atoms with Gasteiger partial charge >= 0.3 is 6.18 Å². The topological polar surface area (TPSA) is 12.9 Å². The van der Waals surface area contributed by atoms with Gasteiger partial charge in [-0.05, 0) is 17.2 Å². The van der Waals surface area contributed by atoms with Gasteiger partial charge in [0.05, 0.1) is 17.0 Å². The Morgan fingerprint density at radius 2 is 2.06 bits per heavy atom. The van der Waals surface area contributed by atoms with E-state index in [1.807, 2.05) is 0 Å². The number of aromatic nitrogens is 1. The third-order valence-electron chi connectivity index (χ3n) is 2.52. The number of rotatable bonds is 2. The summed E-state index contributed by atoms with van der Waals surface area (Å²) in [6, 6.07) is 4.74. The molecule has 0 saturated heterocycles. The molecular formula is C13H9ClF3N. The molecule has 0 aliphatic rings. The second-order valence-electron chi connectivity index (χ2n) is 3.88. The number of nitrogens with zero attached hydrogens (tertiary/aromatic N) is 1. The molecule has 0 radical (unpaired) electrons. The summed E-state index contributed by atoms with van der Waals surface area (Å²) in [6.07, 6.45) is -2.19. The summed E-state index contributed by atoms with van der Waals surface area (Å²) in [4.78, 5) is 4.07. The van der Waals surface area contributed by atoms with Crippen molar-refractivity contribution < 1.29 is 13.2 Å². The lowest BCUT2D eigenvalue weighted by atomic mass is 10.1. The highest BCUT2D eigenvalue weighted by Gasteiger charge is 2.29. The molecule has 0 bridgehead atoms. The van der Waals surface area contributed by atoms with Crippen molar-refractivity contribution in [1.82, 2.24) is 4.98 Å². The van der Waals surface area contributed by atoms with Gasteiger partial charge in [0.1, 0.15) is 0 Å². The molecule has 0 saturated carbocycles. The number of benzene rings is 1. The third-order valence-corrected chi connectivity index (χ3v) is 2.94. The van der Waals surface area contributed by atoms with Crippen LogP contribution in [0.25, 0.3) is 17.0 Å². The van der Waals surface area contributed by atoms with Crippen LogP contribution in [-0.2, 0) is 6.42 Å². The van der Waals surface area contributed by atoms with E-state index in [1.165, 1.54) is 12.3 Å². The standard InChI is InChI=1S/C13H9ClF3N/c1-2-8-5-9-3-4-10(6-13(15,16)17)11(14)12(9)18-7-8/h2-5,7H,1,6H2. The van der Waals surface area contributed by atoms with Crippen LogP contribution in [0.2, 0.25) is 5.02 Å². The van der Waals surface area contributed by atoms with Crippen LogP contribution in [0.1, 0.15) is 11.1 Å². The summed E-state index contributed by atoms with van der Waals surface area (Å²) in [5.74, 6) is 0. The first-order valence-electron chi connectivity index (χ1n) is 5.17. The summed E-state index contributed by atoms with van der Waals surface area (Å²) >= 11 is 5.95. The Morgan fingerprint density at radius 3 is 2.67 bits per heavy atom. The van der Waals surface area contributed by atoms with Crippen molar-refractivity contribution in [2.45, 2.75) is 12.6 Å². The maximum absolute atomic E-state index is 12.3. The second kappa shape index (κ2) is 4.61. The Bertz CT molecular complexity index is 605. The molecule has 0 amide bonds. The SMILES string of the molecule is C=Cc1cnc2c(Cl)c(CC(F)(F)F)ccc2c1. The van der Waals surface area contributed by atoms with Gasteiger partial charge in [0.15, 0.2) is 0 Å². The van der Waals surface area contributed by atoms with Crippen molar-refractivity contribution in [3.63, 3.8) is 0 Å². The van der Waals surface area contributed by atoms with Crippen molar-refractivity contribution in [2.75, 3.05) is 0 Å². The summed E-state index contributed by atoms with van der Waals surface area (Å²) in [5, 5.41) is 0.753. The van der Waals surface area contributed by atoms with Crippen molar-refractivity contribution in [1.29, 1.82) is 0 Å². The summed E-state index contributed by atoms with van der Waals surface area (Å²) < 4.78 is 37.0.